The first kappa shape index (κ1) is 19.1. The van der Waals surface area contributed by atoms with Gasteiger partial charge in [0.1, 0.15) is 0 Å². The Labute approximate surface area is 175 Å². The summed E-state index contributed by atoms with van der Waals surface area (Å²) in [6.45, 7) is 3.92. The first-order chi connectivity index (χ1) is 14.1. The molecule has 4 heteroatoms. The average molecular weight is 399 g/mol. The number of carbonyl (C=O) groups is 1. The first-order valence-corrected chi connectivity index (χ1v) is 10.5. The van der Waals surface area contributed by atoms with Crippen LogP contribution in [-0.2, 0) is 4.79 Å². The molecule has 0 aliphatic heterocycles. The predicted octanol–water partition coefficient (Wildman–Crippen LogP) is 6.53. The molecule has 4 aromatic rings. The van der Waals surface area contributed by atoms with Crippen molar-refractivity contribution in [3.8, 4) is 22.3 Å². The van der Waals surface area contributed by atoms with E-state index in [0.717, 1.165) is 33.6 Å². The zero-order chi connectivity index (χ0) is 20.2. The molecule has 0 saturated carbocycles. The van der Waals surface area contributed by atoms with E-state index in [1.807, 2.05) is 62.5 Å². The number of nitrogens with one attached hydrogen (secondary N) is 1. The summed E-state index contributed by atoms with van der Waals surface area (Å²) < 4.78 is 0. The van der Waals surface area contributed by atoms with Crippen LogP contribution in [0.1, 0.15) is 24.1 Å². The summed E-state index contributed by atoms with van der Waals surface area (Å²) in [4.78, 5) is 17.0. The van der Waals surface area contributed by atoms with Gasteiger partial charge in [-0.25, -0.2) is 0 Å². The number of pyridine rings is 1. The first-order valence-electron chi connectivity index (χ1n) is 9.56. The van der Waals surface area contributed by atoms with E-state index in [1.54, 1.807) is 11.3 Å². The molecule has 2 heterocycles. The van der Waals surface area contributed by atoms with Gasteiger partial charge in [-0.05, 0) is 82.8 Å². The van der Waals surface area contributed by atoms with Gasteiger partial charge in [-0.15, -0.1) is 0 Å². The maximum absolute atomic E-state index is 12.8. The largest absolute Gasteiger partial charge is 0.326 e. The molecule has 1 amide bonds. The normalized spacial score (nSPS) is 11.8. The Morgan fingerprint density at radius 2 is 1.72 bits per heavy atom. The Hall–Kier alpha value is -3.24. The highest BCUT2D eigenvalue weighted by atomic mass is 32.1. The molecule has 0 saturated heterocycles. The third-order valence-electron chi connectivity index (χ3n) is 5.02. The number of aromatic nitrogens is 1. The number of aryl methyl sites for hydroxylation is 1. The molecule has 144 valence electrons. The summed E-state index contributed by atoms with van der Waals surface area (Å²) in [7, 11) is 0. The Balaban J connectivity index is 1.47. The van der Waals surface area contributed by atoms with Crippen molar-refractivity contribution >= 4 is 22.9 Å². The van der Waals surface area contributed by atoms with E-state index in [1.165, 1.54) is 5.56 Å². The van der Waals surface area contributed by atoms with E-state index in [2.05, 4.69) is 45.3 Å². The second kappa shape index (κ2) is 8.41. The fraction of sp³-hybridized carbons (Fsp3) is 0.120. The van der Waals surface area contributed by atoms with Crippen LogP contribution >= 0.6 is 11.3 Å². The Morgan fingerprint density at radius 3 is 2.45 bits per heavy atom. The minimum absolute atomic E-state index is 0.0139. The van der Waals surface area contributed by atoms with Crippen LogP contribution in [0.15, 0.2) is 83.7 Å². The van der Waals surface area contributed by atoms with Crippen molar-refractivity contribution in [2.24, 2.45) is 0 Å². The molecule has 0 radical (unpaired) electrons. The van der Waals surface area contributed by atoms with Crippen LogP contribution < -0.4 is 5.32 Å². The second-order valence-corrected chi connectivity index (χ2v) is 7.89. The van der Waals surface area contributed by atoms with Crippen molar-refractivity contribution in [3.05, 3.63) is 94.9 Å². The van der Waals surface area contributed by atoms with E-state index in [-0.39, 0.29) is 11.8 Å². The lowest BCUT2D eigenvalue weighted by Crippen LogP contribution is -2.18. The molecule has 3 nitrogen and oxygen atoms in total. The van der Waals surface area contributed by atoms with Crippen LogP contribution in [-0.4, -0.2) is 10.9 Å². The number of rotatable bonds is 5. The molecule has 0 aliphatic rings. The summed E-state index contributed by atoms with van der Waals surface area (Å²) in [5, 5.41) is 7.22. The average Bonchev–Trinajstić information content (AvgIpc) is 3.29. The standard InChI is InChI=1S/C25H22N2OS/c1-17-14-22(10-12-26-17)19-6-8-24(9-7-19)27-25(28)18(2)20-4-3-5-21(15-20)23-11-13-29-16-23/h3-16,18H,1-2H3,(H,27,28). The van der Waals surface area contributed by atoms with Gasteiger partial charge in [-0.2, -0.15) is 11.3 Å². The Kier molecular flexibility index (Phi) is 5.54. The zero-order valence-electron chi connectivity index (χ0n) is 16.4. The molecule has 0 aliphatic carbocycles. The van der Waals surface area contributed by atoms with Crippen molar-refractivity contribution in [3.63, 3.8) is 0 Å². The smallest absolute Gasteiger partial charge is 0.231 e. The van der Waals surface area contributed by atoms with Crippen LogP contribution in [0.2, 0.25) is 0 Å². The molecule has 1 N–H and O–H groups in total. The molecule has 2 aromatic heterocycles. The molecule has 2 aromatic carbocycles. The molecule has 29 heavy (non-hydrogen) atoms. The molecule has 4 rings (SSSR count). The molecular formula is C25H22N2OS. The van der Waals surface area contributed by atoms with Gasteiger partial charge in [-0.1, -0.05) is 36.4 Å². The summed E-state index contributed by atoms with van der Waals surface area (Å²) in [5.41, 5.74) is 7.34. The minimum atomic E-state index is -0.240. The van der Waals surface area contributed by atoms with Crippen molar-refractivity contribution in [2.75, 3.05) is 5.32 Å². The predicted molar refractivity (Wildman–Crippen MR) is 121 cm³/mol. The zero-order valence-corrected chi connectivity index (χ0v) is 17.2. The lowest BCUT2D eigenvalue weighted by molar-refractivity contribution is -0.117. The Morgan fingerprint density at radius 1 is 0.931 bits per heavy atom. The van der Waals surface area contributed by atoms with Crippen LogP contribution in [0.5, 0.6) is 0 Å². The van der Waals surface area contributed by atoms with Gasteiger partial charge in [-0.3, -0.25) is 9.78 Å². The quantitative estimate of drug-likeness (QED) is 0.415. The van der Waals surface area contributed by atoms with Crippen molar-refractivity contribution in [1.82, 2.24) is 4.98 Å². The van der Waals surface area contributed by atoms with Crippen molar-refractivity contribution in [1.29, 1.82) is 0 Å². The lowest BCUT2D eigenvalue weighted by atomic mass is 9.96. The van der Waals surface area contributed by atoms with Crippen LogP contribution in [0.3, 0.4) is 0 Å². The maximum Gasteiger partial charge on any atom is 0.231 e. The maximum atomic E-state index is 12.8. The number of hydrogen-bond acceptors (Lipinski definition) is 3. The number of carbonyl (C=O) groups excluding carboxylic acids is 1. The fourth-order valence-electron chi connectivity index (χ4n) is 3.29. The minimum Gasteiger partial charge on any atom is -0.326 e. The summed E-state index contributed by atoms with van der Waals surface area (Å²) in [6, 6.07) is 22.3. The summed E-state index contributed by atoms with van der Waals surface area (Å²) >= 11 is 1.67. The third kappa shape index (κ3) is 4.44. The fourth-order valence-corrected chi connectivity index (χ4v) is 3.95. The van der Waals surface area contributed by atoms with Crippen LogP contribution in [0.4, 0.5) is 5.69 Å². The van der Waals surface area contributed by atoms with Gasteiger partial charge < -0.3 is 5.32 Å². The van der Waals surface area contributed by atoms with E-state index in [4.69, 9.17) is 0 Å². The highest BCUT2D eigenvalue weighted by Crippen LogP contribution is 2.27. The molecule has 0 fully saturated rings. The van der Waals surface area contributed by atoms with Gasteiger partial charge in [0.05, 0.1) is 5.92 Å². The molecule has 0 spiro atoms. The highest BCUT2D eigenvalue weighted by molar-refractivity contribution is 7.08. The number of benzene rings is 2. The molecule has 1 atom stereocenters. The lowest BCUT2D eigenvalue weighted by Gasteiger charge is -2.14. The van der Waals surface area contributed by atoms with Crippen molar-refractivity contribution in [2.45, 2.75) is 19.8 Å². The van der Waals surface area contributed by atoms with E-state index in [9.17, 15) is 4.79 Å². The number of anilines is 1. The SMILES string of the molecule is Cc1cc(-c2ccc(NC(=O)C(C)c3cccc(-c4ccsc4)c3)cc2)ccn1. The number of nitrogens with zero attached hydrogens (tertiary/aromatic N) is 1. The topological polar surface area (TPSA) is 42.0 Å². The number of thiophene rings is 1. The summed E-state index contributed by atoms with van der Waals surface area (Å²) in [6.07, 6.45) is 1.81. The highest BCUT2D eigenvalue weighted by Gasteiger charge is 2.16. The molecule has 0 bridgehead atoms. The monoisotopic (exact) mass is 398 g/mol. The number of amides is 1. The van der Waals surface area contributed by atoms with Gasteiger partial charge in [0, 0.05) is 17.6 Å². The Bertz CT molecular complexity index is 1120. The van der Waals surface area contributed by atoms with Crippen LogP contribution in [0, 0.1) is 6.92 Å². The van der Waals surface area contributed by atoms with Gasteiger partial charge in [0.15, 0.2) is 0 Å². The van der Waals surface area contributed by atoms with E-state index < -0.39 is 0 Å². The van der Waals surface area contributed by atoms with Crippen LogP contribution in [0.25, 0.3) is 22.3 Å². The molecule has 1 unspecified atom stereocenters. The van der Waals surface area contributed by atoms with Gasteiger partial charge in [0.2, 0.25) is 5.91 Å². The van der Waals surface area contributed by atoms with Crippen molar-refractivity contribution < 1.29 is 4.79 Å². The van der Waals surface area contributed by atoms with Gasteiger partial charge in [0.25, 0.3) is 0 Å². The summed E-state index contributed by atoms with van der Waals surface area (Å²) in [5.74, 6) is -0.254. The molecular weight excluding hydrogens is 376 g/mol. The van der Waals surface area contributed by atoms with E-state index in [0.29, 0.717) is 0 Å². The number of hydrogen-bond donors (Lipinski definition) is 1. The third-order valence-corrected chi connectivity index (χ3v) is 5.70. The second-order valence-electron chi connectivity index (χ2n) is 7.11. The van der Waals surface area contributed by atoms with Gasteiger partial charge >= 0.3 is 0 Å². The van der Waals surface area contributed by atoms with E-state index >= 15 is 0 Å².